The largest absolute Gasteiger partial charge is 0.491 e. The number of ether oxygens (including phenoxy) is 2. The lowest BCUT2D eigenvalue weighted by Crippen LogP contribution is -2.41. The summed E-state index contributed by atoms with van der Waals surface area (Å²) >= 11 is 0. The van der Waals surface area contributed by atoms with Gasteiger partial charge in [-0.1, -0.05) is 23.8 Å². The predicted octanol–water partition coefficient (Wildman–Crippen LogP) is 5.05. The predicted molar refractivity (Wildman–Crippen MR) is 121 cm³/mol. The standard InChI is InChI=1S/C24H31NO4S/c1-5-6-20-17-19(4)7-12-24(20)29-22-13-15-25(16-14-22)30(26,27)23-10-8-21(9-11-23)28-18(2)3/h5-12,17-18,22H,13-16H2,1-4H3/b6-5+. The summed E-state index contributed by atoms with van der Waals surface area (Å²) in [5.74, 6) is 1.52. The molecule has 0 saturated carbocycles. The molecule has 2 aromatic rings. The van der Waals surface area contributed by atoms with E-state index in [0.29, 0.717) is 36.6 Å². The normalized spacial score (nSPS) is 16.3. The molecule has 6 heteroatoms. The summed E-state index contributed by atoms with van der Waals surface area (Å²) in [6.45, 7) is 8.81. The Hall–Kier alpha value is -2.31. The van der Waals surface area contributed by atoms with Crippen molar-refractivity contribution in [3.05, 3.63) is 59.7 Å². The maximum Gasteiger partial charge on any atom is 0.243 e. The number of sulfonamides is 1. The molecule has 2 aromatic carbocycles. The van der Waals surface area contributed by atoms with E-state index < -0.39 is 10.0 Å². The molecule has 0 atom stereocenters. The highest BCUT2D eigenvalue weighted by molar-refractivity contribution is 7.89. The quantitative estimate of drug-likeness (QED) is 0.618. The molecule has 1 saturated heterocycles. The minimum Gasteiger partial charge on any atom is -0.491 e. The highest BCUT2D eigenvalue weighted by Gasteiger charge is 2.30. The first-order valence-electron chi connectivity index (χ1n) is 10.5. The van der Waals surface area contributed by atoms with Crippen LogP contribution in [0.5, 0.6) is 11.5 Å². The molecule has 5 nitrogen and oxygen atoms in total. The molecule has 1 aliphatic rings. The molecule has 1 heterocycles. The summed E-state index contributed by atoms with van der Waals surface area (Å²) in [6, 6.07) is 12.8. The molecular weight excluding hydrogens is 398 g/mol. The molecule has 0 aliphatic carbocycles. The second-order valence-corrected chi connectivity index (χ2v) is 9.84. The van der Waals surface area contributed by atoms with E-state index in [-0.39, 0.29) is 12.2 Å². The summed E-state index contributed by atoms with van der Waals surface area (Å²) < 4.78 is 39.4. The number of rotatable bonds is 7. The second kappa shape index (κ2) is 9.67. The Balaban J connectivity index is 1.63. The fraction of sp³-hybridized carbons (Fsp3) is 0.417. The van der Waals surface area contributed by atoms with Gasteiger partial charge < -0.3 is 9.47 Å². The van der Waals surface area contributed by atoms with Crippen LogP contribution < -0.4 is 9.47 Å². The van der Waals surface area contributed by atoms with Crippen molar-refractivity contribution in [3.63, 3.8) is 0 Å². The Morgan fingerprint density at radius 1 is 1.07 bits per heavy atom. The van der Waals surface area contributed by atoms with Crippen LogP contribution in [-0.4, -0.2) is 38.0 Å². The van der Waals surface area contributed by atoms with Crippen LogP contribution in [0.3, 0.4) is 0 Å². The Morgan fingerprint density at radius 2 is 1.73 bits per heavy atom. The third kappa shape index (κ3) is 5.43. The first-order valence-corrected chi connectivity index (χ1v) is 11.9. The van der Waals surface area contributed by atoms with Crippen molar-refractivity contribution in [2.75, 3.05) is 13.1 Å². The van der Waals surface area contributed by atoms with Crippen LogP contribution in [0.2, 0.25) is 0 Å². The molecule has 0 aromatic heterocycles. The first-order chi connectivity index (χ1) is 14.3. The minimum absolute atomic E-state index is 0.00461. The number of nitrogens with zero attached hydrogens (tertiary/aromatic N) is 1. The Bertz CT molecular complexity index is 973. The molecule has 0 unspecified atom stereocenters. The van der Waals surface area contributed by atoms with Crippen molar-refractivity contribution in [2.45, 2.75) is 57.6 Å². The van der Waals surface area contributed by atoms with E-state index in [9.17, 15) is 8.42 Å². The third-order valence-electron chi connectivity index (χ3n) is 5.04. The number of allylic oxidation sites excluding steroid dienone is 1. The van der Waals surface area contributed by atoms with Gasteiger partial charge in [0.25, 0.3) is 0 Å². The highest BCUT2D eigenvalue weighted by Crippen LogP contribution is 2.28. The van der Waals surface area contributed by atoms with Gasteiger partial charge in [-0.2, -0.15) is 4.31 Å². The van der Waals surface area contributed by atoms with Crippen LogP contribution in [0.4, 0.5) is 0 Å². The third-order valence-corrected chi connectivity index (χ3v) is 6.95. The number of piperidine rings is 1. The molecule has 3 rings (SSSR count). The van der Waals surface area contributed by atoms with Crippen LogP contribution in [0, 0.1) is 6.92 Å². The minimum atomic E-state index is -3.51. The lowest BCUT2D eigenvalue weighted by molar-refractivity contribution is 0.135. The average molecular weight is 430 g/mol. The summed E-state index contributed by atoms with van der Waals surface area (Å²) in [7, 11) is -3.51. The van der Waals surface area contributed by atoms with Crippen molar-refractivity contribution >= 4 is 16.1 Å². The molecule has 0 radical (unpaired) electrons. The molecule has 1 aliphatic heterocycles. The zero-order valence-electron chi connectivity index (χ0n) is 18.2. The molecular formula is C24H31NO4S. The van der Waals surface area contributed by atoms with Crippen LogP contribution >= 0.6 is 0 Å². The molecule has 0 N–H and O–H groups in total. The van der Waals surface area contributed by atoms with E-state index in [1.807, 2.05) is 45.1 Å². The van der Waals surface area contributed by atoms with Gasteiger partial charge in [0.2, 0.25) is 10.0 Å². The van der Waals surface area contributed by atoms with Crippen molar-refractivity contribution in [3.8, 4) is 11.5 Å². The van der Waals surface area contributed by atoms with Gasteiger partial charge in [-0.15, -0.1) is 0 Å². The van der Waals surface area contributed by atoms with Crippen molar-refractivity contribution < 1.29 is 17.9 Å². The smallest absolute Gasteiger partial charge is 0.243 e. The summed E-state index contributed by atoms with van der Waals surface area (Å²) in [5, 5.41) is 0. The van der Waals surface area contributed by atoms with E-state index in [1.165, 1.54) is 5.56 Å². The van der Waals surface area contributed by atoms with Crippen LogP contribution in [0.15, 0.2) is 53.4 Å². The maximum absolute atomic E-state index is 13.0. The lowest BCUT2D eigenvalue weighted by atomic mass is 10.1. The van der Waals surface area contributed by atoms with Gasteiger partial charge >= 0.3 is 0 Å². The fourth-order valence-corrected chi connectivity index (χ4v) is 5.04. The Kier molecular flexibility index (Phi) is 7.21. The zero-order valence-corrected chi connectivity index (χ0v) is 19.0. The van der Waals surface area contributed by atoms with Gasteiger partial charge in [0.15, 0.2) is 0 Å². The highest BCUT2D eigenvalue weighted by atomic mass is 32.2. The van der Waals surface area contributed by atoms with Gasteiger partial charge in [-0.05, 0) is 76.9 Å². The fourth-order valence-electron chi connectivity index (χ4n) is 3.57. The monoisotopic (exact) mass is 429 g/mol. The molecule has 0 amide bonds. The SMILES string of the molecule is C/C=C/c1cc(C)ccc1OC1CCN(S(=O)(=O)c2ccc(OC(C)C)cc2)CC1. The molecule has 30 heavy (non-hydrogen) atoms. The van der Waals surface area contributed by atoms with Crippen molar-refractivity contribution in [1.82, 2.24) is 4.31 Å². The topological polar surface area (TPSA) is 55.8 Å². The van der Waals surface area contributed by atoms with Gasteiger partial charge in [0, 0.05) is 18.7 Å². The van der Waals surface area contributed by atoms with Crippen molar-refractivity contribution in [2.24, 2.45) is 0 Å². The van der Waals surface area contributed by atoms with E-state index in [0.717, 1.165) is 11.3 Å². The van der Waals surface area contributed by atoms with E-state index in [4.69, 9.17) is 9.47 Å². The van der Waals surface area contributed by atoms with Gasteiger partial charge in [-0.25, -0.2) is 8.42 Å². The van der Waals surface area contributed by atoms with Crippen LogP contribution in [0.1, 0.15) is 44.7 Å². The maximum atomic E-state index is 13.0. The summed E-state index contributed by atoms with van der Waals surface area (Å²) in [5.41, 5.74) is 2.23. The van der Waals surface area contributed by atoms with Gasteiger partial charge in [0.05, 0.1) is 11.0 Å². The Labute approximate surface area is 180 Å². The number of hydrogen-bond donors (Lipinski definition) is 0. The lowest BCUT2D eigenvalue weighted by Gasteiger charge is -2.31. The summed E-state index contributed by atoms with van der Waals surface area (Å²) in [6.07, 6.45) is 5.41. The summed E-state index contributed by atoms with van der Waals surface area (Å²) in [4.78, 5) is 0.298. The van der Waals surface area contributed by atoms with Crippen LogP contribution in [0.25, 0.3) is 6.08 Å². The number of hydrogen-bond acceptors (Lipinski definition) is 4. The Morgan fingerprint density at radius 3 is 2.33 bits per heavy atom. The van der Waals surface area contributed by atoms with E-state index >= 15 is 0 Å². The van der Waals surface area contributed by atoms with Gasteiger partial charge in [0.1, 0.15) is 17.6 Å². The number of aryl methyl sites for hydroxylation is 1. The van der Waals surface area contributed by atoms with Crippen molar-refractivity contribution in [1.29, 1.82) is 0 Å². The number of benzene rings is 2. The average Bonchev–Trinajstić information content (AvgIpc) is 2.71. The molecule has 1 fully saturated rings. The van der Waals surface area contributed by atoms with E-state index in [1.54, 1.807) is 28.6 Å². The molecule has 0 bridgehead atoms. The zero-order chi connectivity index (χ0) is 21.7. The van der Waals surface area contributed by atoms with Gasteiger partial charge in [-0.3, -0.25) is 0 Å². The van der Waals surface area contributed by atoms with Crippen LogP contribution in [-0.2, 0) is 10.0 Å². The van der Waals surface area contributed by atoms with E-state index in [2.05, 4.69) is 13.0 Å². The molecule has 162 valence electrons. The molecule has 0 spiro atoms. The first kappa shape index (κ1) is 22.4. The second-order valence-electron chi connectivity index (χ2n) is 7.90.